The zero-order valence-electron chi connectivity index (χ0n) is 12.2. The summed E-state index contributed by atoms with van der Waals surface area (Å²) in [4.78, 5) is 10.3. The van der Waals surface area contributed by atoms with Gasteiger partial charge in [0.15, 0.2) is 0 Å². The molecule has 0 spiro atoms. The number of hydrogen-bond donors (Lipinski definition) is 0. The Morgan fingerprint density at radius 2 is 1.50 bits per heavy atom. The van der Waals surface area contributed by atoms with Crippen LogP contribution in [-0.2, 0) is 40.5 Å². The van der Waals surface area contributed by atoms with Gasteiger partial charge in [-0.2, -0.15) is 0 Å². The SMILES string of the molecule is [C-]#[O+].[C-]#[O+].[C-]#[O+].[C-]#[O+].[CH2-]/C=C(/C)CC1=C(C[C-]=O)CCC1.[Fe+2]. The summed E-state index contributed by atoms with van der Waals surface area (Å²) < 4.78 is 30.0. The van der Waals surface area contributed by atoms with Crippen LogP contribution in [0.4, 0.5) is 0 Å². The standard InChI is InChI=1S/C12H16O.4CO.Fe/c1-3-10(2)9-12-6-4-5-11(12)7-8-13;4*1-2;/h3H,1,4-7,9H2,2H3;;;;;/q-2;;;;;+2/b10-3-;;;;;. The molecule has 1 aliphatic rings. The van der Waals surface area contributed by atoms with E-state index in [1.54, 1.807) is 0 Å². The third kappa shape index (κ3) is 18.5. The minimum Gasteiger partial charge on any atom is -0.541 e. The van der Waals surface area contributed by atoms with E-state index >= 15 is 0 Å². The molecule has 0 aromatic rings. The van der Waals surface area contributed by atoms with Crippen LogP contribution in [0.5, 0.6) is 0 Å². The molecule has 22 heavy (non-hydrogen) atoms. The molecule has 0 saturated heterocycles. The van der Waals surface area contributed by atoms with Crippen LogP contribution >= 0.6 is 0 Å². The molecule has 118 valence electrons. The zero-order valence-corrected chi connectivity index (χ0v) is 13.3. The van der Waals surface area contributed by atoms with Gasteiger partial charge in [0.25, 0.3) is 0 Å². The minimum atomic E-state index is 0. The molecule has 5 nitrogen and oxygen atoms in total. The summed E-state index contributed by atoms with van der Waals surface area (Å²) in [7, 11) is 0. The molecular weight excluding hydrogens is 328 g/mol. The average molecular weight is 344 g/mol. The molecule has 6 heteroatoms. The Morgan fingerprint density at radius 3 is 1.86 bits per heavy atom. The normalized spacial score (nSPS) is 11.0. The van der Waals surface area contributed by atoms with E-state index in [9.17, 15) is 4.79 Å². The molecule has 0 saturated carbocycles. The van der Waals surface area contributed by atoms with Crippen LogP contribution in [0, 0.1) is 33.5 Å². The molecule has 0 radical (unpaired) electrons. The van der Waals surface area contributed by atoms with Gasteiger partial charge in [0, 0.05) is 0 Å². The first-order valence-corrected chi connectivity index (χ1v) is 5.59. The van der Waals surface area contributed by atoms with Crippen molar-refractivity contribution in [3.05, 3.63) is 56.3 Å². The second kappa shape index (κ2) is 31.7. The van der Waals surface area contributed by atoms with Crippen molar-refractivity contribution in [2.75, 3.05) is 0 Å². The molecule has 0 N–H and O–H groups in total. The largest absolute Gasteiger partial charge is 2.00 e. The van der Waals surface area contributed by atoms with E-state index in [-0.39, 0.29) is 17.1 Å². The second-order valence-corrected chi connectivity index (χ2v) is 3.61. The molecule has 0 aromatic carbocycles. The molecule has 0 amide bonds. The summed E-state index contributed by atoms with van der Waals surface area (Å²) in [5.41, 5.74) is 4.05. The van der Waals surface area contributed by atoms with E-state index in [4.69, 9.17) is 18.6 Å². The summed E-state index contributed by atoms with van der Waals surface area (Å²) in [6, 6.07) is 0. The number of rotatable bonds is 4. The molecule has 1 aliphatic carbocycles. The predicted octanol–water partition coefficient (Wildman–Crippen LogP) is 2.98. The Kier molecular flexibility index (Phi) is 46.8. The van der Waals surface area contributed by atoms with Gasteiger partial charge in [-0.3, -0.25) is 6.29 Å². The first kappa shape index (κ1) is 32.4. The van der Waals surface area contributed by atoms with Gasteiger partial charge in [0.05, 0.1) is 0 Å². The monoisotopic (exact) mass is 344 g/mol. The Labute approximate surface area is 142 Å². The topological polar surface area (TPSA) is 96.7 Å². The van der Waals surface area contributed by atoms with E-state index in [2.05, 4.69) is 40.4 Å². The Balaban J connectivity index is -0.0000000932. The molecule has 0 atom stereocenters. The van der Waals surface area contributed by atoms with Gasteiger partial charge in [-0.25, -0.2) is 18.6 Å². The van der Waals surface area contributed by atoms with Crippen molar-refractivity contribution in [3.63, 3.8) is 0 Å². The molecule has 0 heterocycles. The van der Waals surface area contributed by atoms with Crippen LogP contribution in [-0.4, -0.2) is 6.29 Å². The number of carbonyl (C=O) groups excluding carboxylic acids is 1. The summed E-state index contributed by atoms with van der Waals surface area (Å²) in [6.45, 7) is 23.8. The third-order valence-corrected chi connectivity index (χ3v) is 2.58. The number of hydrogen-bond acceptors (Lipinski definition) is 1. The van der Waals surface area contributed by atoms with E-state index < -0.39 is 0 Å². The van der Waals surface area contributed by atoms with Crippen LogP contribution in [0.2, 0.25) is 0 Å². The molecule has 0 bridgehead atoms. The maximum Gasteiger partial charge on any atom is 2.00 e. The average Bonchev–Trinajstić information content (AvgIpc) is 3.02. The van der Waals surface area contributed by atoms with Crippen molar-refractivity contribution < 1.29 is 40.5 Å². The fourth-order valence-electron chi connectivity index (χ4n) is 1.79. The van der Waals surface area contributed by atoms with Gasteiger partial charge in [-0.1, -0.05) is 17.6 Å². The molecule has 0 fully saturated rings. The van der Waals surface area contributed by atoms with Crippen molar-refractivity contribution in [2.45, 2.75) is 39.0 Å². The van der Waals surface area contributed by atoms with Crippen LogP contribution in [0.15, 0.2) is 22.8 Å². The number of allylic oxidation sites excluding steroid dienone is 4. The summed E-state index contributed by atoms with van der Waals surface area (Å²) in [6.07, 6.45) is 8.85. The quantitative estimate of drug-likeness (QED) is 0.333. The van der Waals surface area contributed by atoms with Gasteiger partial charge >= 0.3 is 62.3 Å². The third-order valence-electron chi connectivity index (χ3n) is 2.58. The van der Waals surface area contributed by atoms with Crippen LogP contribution in [0.3, 0.4) is 0 Å². The Morgan fingerprint density at radius 1 is 1.09 bits per heavy atom. The van der Waals surface area contributed by atoms with Crippen molar-refractivity contribution in [1.29, 1.82) is 0 Å². The van der Waals surface area contributed by atoms with Crippen LogP contribution in [0.25, 0.3) is 0 Å². The summed E-state index contributed by atoms with van der Waals surface area (Å²) >= 11 is 0. The molecule has 0 aromatic heterocycles. The molecule has 0 unspecified atom stereocenters. The van der Waals surface area contributed by atoms with Crippen molar-refractivity contribution >= 4 is 6.29 Å². The second-order valence-electron chi connectivity index (χ2n) is 3.61. The fourth-order valence-corrected chi connectivity index (χ4v) is 1.79. The first-order valence-electron chi connectivity index (χ1n) is 5.59. The van der Waals surface area contributed by atoms with Gasteiger partial charge < -0.3 is 4.79 Å². The molecule has 0 aliphatic heterocycles. The smallest absolute Gasteiger partial charge is 0.541 e. The Bertz CT molecular complexity index is 376. The predicted molar refractivity (Wildman–Crippen MR) is 70.6 cm³/mol. The maximum absolute atomic E-state index is 10.3. The van der Waals surface area contributed by atoms with E-state index in [1.165, 1.54) is 23.1 Å². The van der Waals surface area contributed by atoms with E-state index in [0.29, 0.717) is 6.42 Å². The first-order chi connectivity index (χ1) is 10.3. The van der Waals surface area contributed by atoms with Crippen molar-refractivity contribution in [3.8, 4) is 0 Å². The van der Waals surface area contributed by atoms with Crippen molar-refractivity contribution in [2.24, 2.45) is 0 Å². The van der Waals surface area contributed by atoms with E-state index in [0.717, 1.165) is 19.3 Å². The van der Waals surface area contributed by atoms with Crippen molar-refractivity contribution in [1.82, 2.24) is 0 Å². The zero-order chi connectivity index (χ0) is 17.7. The fraction of sp³-hybridized carbons (Fsp3) is 0.375. The Hall–Kier alpha value is -1.50. The summed E-state index contributed by atoms with van der Waals surface area (Å²) in [5.74, 6) is 0. The van der Waals surface area contributed by atoms with Gasteiger partial charge in [0.1, 0.15) is 0 Å². The molecular formula is C16H16FeO5. The van der Waals surface area contributed by atoms with Crippen LogP contribution in [0.1, 0.15) is 39.0 Å². The minimum absolute atomic E-state index is 0. The van der Waals surface area contributed by atoms with E-state index in [1.807, 2.05) is 12.4 Å². The van der Waals surface area contributed by atoms with Gasteiger partial charge in [-0.05, 0) is 19.3 Å². The van der Waals surface area contributed by atoms with Crippen LogP contribution < -0.4 is 0 Å². The van der Waals surface area contributed by atoms with Gasteiger partial charge in [0.2, 0.25) is 0 Å². The molecule has 1 rings (SSSR count). The summed E-state index contributed by atoms with van der Waals surface area (Å²) in [5, 5.41) is 0. The van der Waals surface area contributed by atoms with Gasteiger partial charge in [-0.15, -0.1) is 13.3 Å². The maximum atomic E-state index is 10.3.